The van der Waals surface area contributed by atoms with Gasteiger partial charge in [0, 0.05) is 19.2 Å². The van der Waals surface area contributed by atoms with Gasteiger partial charge in [-0.25, -0.2) is 9.97 Å². The zero-order chi connectivity index (χ0) is 15.7. The molecule has 0 aliphatic carbocycles. The van der Waals surface area contributed by atoms with Crippen molar-refractivity contribution in [3.8, 4) is 0 Å². The van der Waals surface area contributed by atoms with Crippen molar-refractivity contribution in [2.75, 3.05) is 30.4 Å². The molecule has 120 valence electrons. The standard InChI is InChI=1S/C15H28N4O2/c1-5-7-16-13-8-14(17-12(9-20)11(3)4)19-15(18-13)10-21-6-2/h8,11-12,20H,5-7,9-10H2,1-4H3,(H2,16,17,18,19). The molecule has 1 rings (SSSR count). The molecule has 0 saturated carbocycles. The van der Waals surface area contributed by atoms with Crippen molar-refractivity contribution in [1.29, 1.82) is 0 Å². The fourth-order valence-corrected chi connectivity index (χ4v) is 1.79. The van der Waals surface area contributed by atoms with E-state index in [0.717, 1.165) is 18.8 Å². The van der Waals surface area contributed by atoms with Crippen LogP contribution in [0.15, 0.2) is 6.07 Å². The van der Waals surface area contributed by atoms with Gasteiger partial charge < -0.3 is 20.5 Å². The predicted molar refractivity (Wildman–Crippen MR) is 85.5 cm³/mol. The summed E-state index contributed by atoms with van der Waals surface area (Å²) in [6.07, 6.45) is 1.03. The lowest BCUT2D eigenvalue weighted by molar-refractivity contribution is 0.128. The van der Waals surface area contributed by atoms with Gasteiger partial charge in [0.2, 0.25) is 0 Å². The van der Waals surface area contributed by atoms with Crippen molar-refractivity contribution in [2.24, 2.45) is 5.92 Å². The second-order valence-electron chi connectivity index (χ2n) is 5.30. The van der Waals surface area contributed by atoms with Gasteiger partial charge in [-0.2, -0.15) is 0 Å². The highest BCUT2D eigenvalue weighted by Gasteiger charge is 2.14. The maximum atomic E-state index is 9.43. The Morgan fingerprint density at radius 1 is 1.24 bits per heavy atom. The van der Waals surface area contributed by atoms with E-state index in [9.17, 15) is 5.11 Å². The average molecular weight is 296 g/mol. The van der Waals surface area contributed by atoms with Crippen LogP contribution < -0.4 is 10.6 Å². The van der Waals surface area contributed by atoms with Crippen molar-refractivity contribution < 1.29 is 9.84 Å². The van der Waals surface area contributed by atoms with E-state index >= 15 is 0 Å². The SMILES string of the molecule is CCCNc1cc(NC(CO)C(C)C)nc(COCC)n1. The molecule has 0 bridgehead atoms. The second-order valence-corrected chi connectivity index (χ2v) is 5.30. The van der Waals surface area contributed by atoms with E-state index in [1.807, 2.05) is 13.0 Å². The molecule has 1 heterocycles. The van der Waals surface area contributed by atoms with E-state index in [1.54, 1.807) is 0 Å². The first-order chi connectivity index (χ1) is 10.1. The first-order valence-corrected chi connectivity index (χ1v) is 7.67. The van der Waals surface area contributed by atoms with E-state index < -0.39 is 0 Å². The molecule has 0 aliphatic heterocycles. The highest BCUT2D eigenvalue weighted by atomic mass is 16.5. The Balaban J connectivity index is 2.88. The molecule has 0 aromatic carbocycles. The van der Waals surface area contributed by atoms with Crippen molar-refractivity contribution >= 4 is 11.6 Å². The third-order valence-corrected chi connectivity index (χ3v) is 3.10. The van der Waals surface area contributed by atoms with Gasteiger partial charge in [0.1, 0.15) is 18.2 Å². The molecule has 0 saturated heterocycles. The second kappa shape index (κ2) is 9.52. The number of aliphatic hydroxyl groups excluding tert-OH is 1. The lowest BCUT2D eigenvalue weighted by Gasteiger charge is -2.21. The molecule has 3 N–H and O–H groups in total. The summed E-state index contributed by atoms with van der Waals surface area (Å²) in [5.41, 5.74) is 0. The largest absolute Gasteiger partial charge is 0.394 e. The number of nitrogens with one attached hydrogen (secondary N) is 2. The number of aliphatic hydroxyl groups is 1. The van der Waals surface area contributed by atoms with Crippen LogP contribution in [0, 0.1) is 5.92 Å². The monoisotopic (exact) mass is 296 g/mol. The van der Waals surface area contributed by atoms with Gasteiger partial charge in [0.05, 0.1) is 12.6 Å². The summed E-state index contributed by atoms with van der Waals surface area (Å²) in [6, 6.07) is 1.84. The fraction of sp³-hybridized carbons (Fsp3) is 0.733. The lowest BCUT2D eigenvalue weighted by Crippen LogP contribution is -2.30. The molecular weight excluding hydrogens is 268 g/mol. The highest BCUT2D eigenvalue weighted by molar-refractivity contribution is 5.48. The van der Waals surface area contributed by atoms with Gasteiger partial charge in [0.15, 0.2) is 5.82 Å². The fourth-order valence-electron chi connectivity index (χ4n) is 1.79. The third-order valence-electron chi connectivity index (χ3n) is 3.10. The zero-order valence-electron chi connectivity index (χ0n) is 13.5. The lowest BCUT2D eigenvalue weighted by atomic mass is 10.1. The Labute approximate surface area is 127 Å². The summed E-state index contributed by atoms with van der Waals surface area (Å²) in [5, 5.41) is 16.0. The number of ether oxygens (including phenoxy) is 1. The van der Waals surface area contributed by atoms with Crippen LogP contribution in [0.25, 0.3) is 0 Å². The van der Waals surface area contributed by atoms with Crippen LogP contribution in [0.5, 0.6) is 0 Å². The molecule has 1 aromatic rings. The minimum atomic E-state index is -0.0288. The molecule has 1 unspecified atom stereocenters. The summed E-state index contributed by atoms with van der Waals surface area (Å²) in [4.78, 5) is 8.89. The van der Waals surface area contributed by atoms with Gasteiger partial charge in [-0.15, -0.1) is 0 Å². The first-order valence-electron chi connectivity index (χ1n) is 7.67. The average Bonchev–Trinajstić information content (AvgIpc) is 2.48. The Morgan fingerprint density at radius 2 is 1.95 bits per heavy atom. The van der Waals surface area contributed by atoms with E-state index in [1.165, 1.54) is 0 Å². The van der Waals surface area contributed by atoms with Gasteiger partial charge in [0.25, 0.3) is 0 Å². The predicted octanol–water partition coefficient (Wildman–Crippen LogP) is 2.26. The van der Waals surface area contributed by atoms with Crippen molar-refractivity contribution in [3.63, 3.8) is 0 Å². The number of anilines is 2. The molecule has 0 amide bonds. The van der Waals surface area contributed by atoms with Gasteiger partial charge in [-0.05, 0) is 19.3 Å². The van der Waals surface area contributed by atoms with Crippen molar-refractivity contribution in [3.05, 3.63) is 11.9 Å². The first kappa shape index (κ1) is 17.7. The summed E-state index contributed by atoms with van der Waals surface area (Å²) in [7, 11) is 0. The van der Waals surface area contributed by atoms with E-state index in [4.69, 9.17) is 4.74 Å². The number of nitrogens with zero attached hydrogens (tertiary/aromatic N) is 2. The summed E-state index contributed by atoms with van der Waals surface area (Å²) < 4.78 is 5.38. The number of hydrogen-bond acceptors (Lipinski definition) is 6. The minimum absolute atomic E-state index is 0.0288. The van der Waals surface area contributed by atoms with Crippen LogP contribution in [0.2, 0.25) is 0 Å². The normalized spacial score (nSPS) is 12.5. The van der Waals surface area contributed by atoms with Crippen LogP contribution in [-0.2, 0) is 11.3 Å². The molecule has 0 spiro atoms. The summed E-state index contributed by atoms with van der Waals surface area (Å²) in [5.74, 6) is 2.45. The van der Waals surface area contributed by atoms with Gasteiger partial charge >= 0.3 is 0 Å². The highest BCUT2D eigenvalue weighted by Crippen LogP contribution is 2.15. The molecule has 1 atom stereocenters. The number of aromatic nitrogens is 2. The molecular formula is C15H28N4O2. The molecule has 6 heteroatoms. The van der Waals surface area contributed by atoms with Crippen LogP contribution in [0.1, 0.15) is 39.9 Å². The Morgan fingerprint density at radius 3 is 2.52 bits per heavy atom. The smallest absolute Gasteiger partial charge is 0.158 e. The maximum absolute atomic E-state index is 9.43. The van der Waals surface area contributed by atoms with Crippen molar-refractivity contribution in [1.82, 2.24) is 9.97 Å². The molecule has 1 aromatic heterocycles. The van der Waals surface area contributed by atoms with E-state index in [2.05, 4.69) is 41.4 Å². The van der Waals surface area contributed by atoms with E-state index in [0.29, 0.717) is 30.8 Å². The topological polar surface area (TPSA) is 79.3 Å². The maximum Gasteiger partial charge on any atom is 0.158 e. The molecule has 21 heavy (non-hydrogen) atoms. The quantitative estimate of drug-likeness (QED) is 0.614. The van der Waals surface area contributed by atoms with Crippen molar-refractivity contribution in [2.45, 2.75) is 46.8 Å². The zero-order valence-corrected chi connectivity index (χ0v) is 13.5. The summed E-state index contributed by atoms with van der Waals surface area (Å²) >= 11 is 0. The third kappa shape index (κ3) is 6.27. The molecule has 6 nitrogen and oxygen atoms in total. The molecule has 0 fully saturated rings. The number of hydrogen-bond donors (Lipinski definition) is 3. The van der Waals surface area contributed by atoms with E-state index in [-0.39, 0.29) is 12.6 Å². The minimum Gasteiger partial charge on any atom is -0.394 e. The van der Waals surface area contributed by atoms with Gasteiger partial charge in [-0.1, -0.05) is 20.8 Å². The van der Waals surface area contributed by atoms with Crippen LogP contribution in [0.3, 0.4) is 0 Å². The molecule has 0 radical (unpaired) electrons. The van der Waals surface area contributed by atoms with Crippen LogP contribution in [-0.4, -0.2) is 40.9 Å². The van der Waals surface area contributed by atoms with Crippen LogP contribution >= 0.6 is 0 Å². The molecule has 0 aliphatic rings. The Bertz CT molecular complexity index is 386. The van der Waals surface area contributed by atoms with Crippen LogP contribution in [0.4, 0.5) is 11.6 Å². The number of rotatable bonds is 10. The summed E-state index contributed by atoms with van der Waals surface area (Å²) in [6.45, 7) is 10.1. The Kier molecular flexibility index (Phi) is 8.00. The van der Waals surface area contributed by atoms with Gasteiger partial charge in [-0.3, -0.25) is 0 Å². The Hall–Kier alpha value is -1.40.